The van der Waals surface area contributed by atoms with Crippen LogP contribution in [0.5, 0.6) is 5.75 Å². The molecule has 18 heavy (non-hydrogen) atoms. The summed E-state index contributed by atoms with van der Waals surface area (Å²) < 4.78 is 11.2. The maximum Gasteiger partial charge on any atom is 0.119 e. The van der Waals surface area contributed by atoms with Crippen molar-refractivity contribution < 1.29 is 14.6 Å². The average Bonchev–Trinajstić information content (AvgIpc) is 2.42. The molecule has 0 amide bonds. The Balaban J connectivity index is 1.75. The van der Waals surface area contributed by atoms with Crippen LogP contribution in [-0.4, -0.2) is 55.1 Å². The second kappa shape index (κ2) is 6.73. The Labute approximate surface area is 108 Å². The van der Waals surface area contributed by atoms with E-state index in [9.17, 15) is 0 Å². The van der Waals surface area contributed by atoms with Crippen LogP contribution in [0.15, 0.2) is 30.3 Å². The molecule has 2 atom stereocenters. The van der Waals surface area contributed by atoms with Gasteiger partial charge in [0.25, 0.3) is 0 Å². The summed E-state index contributed by atoms with van der Waals surface area (Å²) in [5.74, 6) is 0.900. The molecule has 100 valence electrons. The van der Waals surface area contributed by atoms with Crippen LogP contribution in [0.2, 0.25) is 0 Å². The molecule has 1 N–H and O–H groups in total. The SMILES string of the molecule is CC1COC(CO)CN1CCOc1ccccc1. The predicted molar refractivity (Wildman–Crippen MR) is 69.8 cm³/mol. The monoisotopic (exact) mass is 251 g/mol. The number of hydrogen-bond acceptors (Lipinski definition) is 4. The van der Waals surface area contributed by atoms with E-state index in [1.807, 2.05) is 30.3 Å². The molecular formula is C14H21NO3. The molecule has 1 aromatic carbocycles. The molecule has 0 aliphatic carbocycles. The fourth-order valence-electron chi connectivity index (χ4n) is 2.09. The van der Waals surface area contributed by atoms with Crippen molar-refractivity contribution in [2.45, 2.75) is 19.1 Å². The Bertz CT molecular complexity index is 344. The van der Waals surface area contributed by atoms with Gasteiger partial charge in [-0.1, -0.05) is 18.2 Å². The Morgan fingerprint density at radius 3 is 2.89 bits per heavy atom. The summed E-state index contributed by atoms with van der Waals surface area (Å²) in [5.41, 5.74) is 0. The number of morpholine rings is 1. The van der Waals surface area contributed by atoms with Crippen LogP contribution in [0.25, 0.3) is 0 Å². The molecule has 1 saturated heterocycles. The highest BCUT2D eigenvalue weighted by Crippen LogP contribution is 2.12. The normalized spacial score (nSPS) is 25.0. The molecule has 0 spiro atoms. The van der Waals surface area contributed by atoms with Gasteiger partial charge in [-0.15, -0.1) is 0 Å². The molecule has 0 aromatic heterocycles. The number of rotatable bonds is 5. The first-order chi connectivity index (χ1) is 8.79. The van der Waals surface area contributed by atoms with Gasteiger partial charge in [-0.05, 0) is 19.1 Å². The fourth-order valence-corrected chi connectivity index (χ4v) is 2.09. The molecule has 1 fully saturated rings. The van der Waals surface area contributed by atoms with Crippen molar-refractivity contribution in [3.05, 3.63) is 30.3 Å². The quantitative estimate of drug-likeness (QED) is 0.852. The standard InChI is InChI=1S/C14H21NO3/c1-12-11-18-14(10-16)9-15(12)7-8-17-13-5-3-2-4-6-13/h2-6,12,14,16H,7-11H2,1H3. The third-order valence-corrected chi connectivity index (χ3v) is 3.23. The maximum absolute atomic E-state index is 9.12. The first-order valence-corrected chi connectivity index (χ1v) is 6.44. The van der Waals surface area contributed by atoms with Gasteiger partial charge in [-0.3, -0.25) is 4.90 Å². The van der Waals surface area contributed by atoms with Gasteiger partial charge in [-0.2, -0.15) is 0 Å². The highest BCUT2D eigenvalue weighted by Gasteiger charge is 2.25. The van der Waals surface area contributed by atoms with Crippen LogP contribution in [0.4, 0.5) is 0 Å². The third kappa shape index (κ3) is 3.70. The van der Waals surface area contributed by atoms with Gasteiger partial charge in [0, 0.05) is 19.1 Å². The third-order valence-electron chi connectivity index (χ3n) is 3.23. The zero-order chi connectivity index (χ0) is 12.8. The van der Waals surface area contributed by atoms with E-state index in [4.69, 9.17) is 14.6 Å². The highest BCUT2D eigenvalue weighted by atomic mass is 16.5. The molecule has 0 saturated carbocycles. The largest absolute Gasteiger partial charge is 0.492 e. The van der Waals surface area contributed by atoms with E-state index in [1.54, 1.807) is 0 Å². The van der Waals surface area contributed by atoms with Crippen molar-refractivity contribution in [2.75, 3.05) is 32.9 Å². The van der Waals surface area contributed by atoms with Crippen LogP contribution in [-0.2, 0) is 4.74 Å². The Morgan fingerprint density at radius 2 is 2.17 bits per heavy atom. The molecule has 0 radical (unpaired) electrons. The number of hydrogen-bond donors (Lipinski definition) is 1. The minimum Gasteiger partial charge on any atom is -0.492 e. The lowest BCUT2D eigenvalue weighted by molar-refractivity contribution is -0.0798. The van der Waals surface area contributed by atoms with Crippen LogP contribution < -0.4 is 4.74 Å². The second-order valence-corrected chi connectivity index (χ2v) is 4.64. The van der Waals surface area contributed by atoms with Gasteiger partial charge in [0.15, 0.2) is 0 Å². The number of benzene rings is 1. The van der Waals surface area contributed by atoms with Crippen molar-refractivity contribution in [3.8, 4) is 5.75 Å². The molecule has 4 heteroatoms. The van der Waals surface area contributed by atoms with E-state index < -0.39 is 0 Å². The van der Waals surface area contributed by atoms with Gasteiger partial charge in [0.05, 0.1) is 19.3 Å². The maximum atomic E-state index is 9.12. The molecule has 1 aliphatic heterocycles. The van der Waals surface area contributed by atoms with E-state index in [0.717, 1.165) is 18.8 Å². The smallest absolute Gasteiger partial charge is 0.119 e. The van der Waals surface area contributed by atoms with E-state index >= 15 is 0 Å². The summed E-state index contributed by atoms with van der Waals surface area (Å²) in [6.45, 7) is 5.19. The molecule has 0 bridgehead atoms. The zero-order valence-corrected chi connectivity index (χ0v) is 10.8. The molecule has 1 aliphatic rings. The highest BCUT2D eigenvalue weighted by molar-refractivity contribution is 5.20. The molecule has 2 rings (SSSR count). The van der Waals surface area contributed by atoms with Gasteiger partial charge >= 0.3 is 0 Å². The zero-order valence-electron chi connectivity index (χ0n) is 10.8. The summed E-state index contributed by atoms with van der Waals surface area (Å²) in [6.07, 6.45) is -0.0575. The first kappa shape index (κ1) is 13.3. The van der Waals surface area contributed by atoms with E-state index in [1.165, 1.54) is 0 Å². The topological polar surface area (TPSA) is 41.9 Å². The lowest BCUT2D eigenvalue weighted by Gasteiger charge is -2.37. The Hall–Kier alpha value is -1.10. The first-order valence-electron chi connectivity index (χ1n) is 6.44. The van der Waals surface area contributed by atoms with Crippen molar-refractivity contribution in [2.24, 2.45) is 0 Å². The predicted octanol–water partition coefficient (Wildman–Crippen LogP) is 1.15. The summed E-state index contributed by atoms with van der Waals surface area (Å²) in [7, 11) is 0. The molecule has 1 heterocycles. The summed E-state index contributed by atoms with van der Waals surface area (Å²) in [4.78, 5) is 2.30. The van der Waals surface area contributed by atoms with Gasteiger partial charge in [-0.25, -0.2) is 0 Å². The van der Waals surface area contributed by atoms with Gasteiger partial charge in [0.2, 0.25) is 0 Å². The lowest BCUT2D eigenvalue weighted by Crippen LogP contribution is -2.50. The molecule has 4 nitrogen and oxygen atoms in total. The summed E-state index contributed by atoms with van der Waals surface area (Å²) in [6, 6.07) is 10.2. The number of ether oxygens (including phenoxy) is 2. The summed E-state index contributed by atoms with van der Waals surface area (Å²) >= 11 is 0. The molecule has 2 unspecified atom stereocenters. The fraction of sp³-hybridized carbons (Fsp3) is 0.571. The minimum atomic E-state index is -0.0575. The van der Waals surface area contributed by atoms with Gasteiger partial charge < -0.3 is 14.6 Å². The number of aliphatic hydroxyl groups excluding tert-OH is 1. The van der Waals surface area contributed by atoms with Crippen LogP contribution >= 0.6 is 0 Å². The summed E-state index contributed by atoms with van der Waals surface area (Å²) in [5, 5.41) is 9.12. The van der Waals surface area contributed by atoms with Crippen molar-refractivity contribution >= 4 is 0 Å². The van der Waals surface area contributed by atoms with Crippen LogP contribution in [0.1, 0.15) is 6.92 Å². The Morgan fingerprint density at radius 1 is 1.39 bits per heavy atom. The van der Waals surface area contributed by atoms with Crippen molar-refractivity contribution in [3.63, 3.8) is 0 Å². The minimum absolute atomic E-state index is 0.0575. The van der Waals surface area contributed by atoms with Crippen LogP contribution in [0, 0.1) is 0 Å². The van der Waals surface area contributed by atoms with E-state index in [2.05, 4.69) is 11.8 Å². The Kier molecular flexibility index (Phi) is 4.99. The lowest BCUT2D eigenvalue weighted by atomic mass is 10.2. The van der Waals surface area contributed by atoms with Crippen molar-refractivity contribution in [1.82, 2.24) is 4.90 Å². The number of para-hydroxylation sites is 1. The molecular weight excluding hydrogens is 230 g/mol. The van der Waals surface area contributed by atoms with Crippen molar-refractivity contribution in [1.29, 1.82) is 0 Å². The van der Waals surface area contributed by atoms with Crippen LogP contribution in [0.3, 0.4) is 0 Å². The number of aliphatic hydroxyl groups is 1. The average molecular weight is 251 g/mol. The number of nitrogens with zero attached hydrogens (tertiary/aromatic N) is 1. The van der Waals surface area contributed by atoms with E-state index in [0.29, 0.717) is 19.3 Å². The molecule has 1 aromatic rings. The van der Waals surface area contributed by atoms with Gasteiger partial charge in [0.1, 0.15) is 12.4 Å². The van der Waals surface area contributed by atoms with E-state index in [-0.39, 0.29) is 12.7 Å². The second-order valence-electron chi connectivity index (χ2n) is 4.64.